The van der Waals surface area contributed by atoms with Crippen LogP contribution in [0.2, 0.25) is 0 Å². The van der Waals surface area contributed by atoms with Gasteiger partial charge < -0.3 is 41.8 Å². The zero-order valence-corrected chi connectivity index (χ0v) is 13.4. The molecule has 8 heteroatoms. The molecule has 22 heavy (non-hydrogen) atoms. The van der Waals surface area contributed by atoms with Crippen molar-refractivity contribution in [1.29, 1.82) is 0 Å². The third kappa shape index (κ3) is 3.77. The monoisotopic (exact) mass is 318 g/mol. The van der Waals surface area contributed by atoms with Gasteiger partial charge in [-0.1, -0.05) is 0 Å². The quantitative estimate of drug-likeness (QED) is 0.387. The molecule has 0 aromatic rings. The highest BCUT2D eigenvalue weighted by Gasteiger charge is 2.45. The SMILES string of the molecule is CN[C@@H]1[C@H](O)[C@@H](O[C@H]2O[C@@H](CN)CC[C@@H]2N)[C@H](N)C[C@H]1OC. The number of ether oxygens (including phenoxy) is 3. The maximum atomic E-state index is 10.6. The highest BCUT2D eigenvalue weighted by Crippen LogP contribution is 2.27. The molecule has 8 nitrogen and oxygen atoms in total. The third-order valence-electron chi connectivity index (χ3n) is 4.72. The highest BCUT2D eigenvalue weighted by atomic mass is 16.7. The van der Waals surface area contributed by atoms with E-state index in [-0.39, 0.29) is 30.3 Å². The number of hydrogen-bond acceptors (Lipinski definition) is 8. The number of hydrogen-bond donors (Lipinski definition) is 5. The van der Waals surface area contributed by atoms with Gasteiger partial charge in [-0.25, -0.2) is 0 Å². The minimum atomic E-state index is -0.798. The summed E-state index contributed by atoms with van der Waals surface area (Å²) in [7, 11) is 3.39. The predicted molar refractivity (Wildman–Crippen MR) is 82.0 cm³/mol. The summed E-state index contributed by atoms with van der Waals surface area (Å²) < 4.78 is 17.1. The first-order valence-electron chi connectivity index (χ1n) is 7.92. The lowest BCUT2D eigenvalue weighted by Gasteiger charge is -2.45. The fourth-order valence-corrected chi connectivity index (χ4v) is 3.34. The van der Waals surface area contributed by atoms with Gasteiger partial charge in [0.25, 0.3) is 0 Å². The fraction of sp³-hybridized carbons (Fsp3) is 1.00. The first-order chi connectivity index (χ1) is 10.5. The van der Waals surface area contributed by atoms with E-state index in [2.05, 4.69) is 5.32 Å². The molecule has 0 radical (unpaired) electrons. The van der Waals surface area contributed by atoms with E-state index in [0.717, 1.165) is 12.8 Å². The van der Waals surface area contributed by atoms with Gasteiger partial charge in [0.05, 0.1) is 30.4 Å². The summed E-state index contributed by atoms with van der Waals surface area (Å²) in [6, 6.07) is -0.839. The van der Waals surface area contributed by atoms with Crippen LogP contribution in [0.15, 0.2) is 0 Å². The maximum absolute atomic E-state index is 10.6. The molecule has 8 atom stereocenters. The van der Waals surface area contributed by atoms with E-state index in [4.69, 9.17) is 31.4 Å². The molecule has 2 aliphatic rings. The van der Waals surface area contributed by atoms with E-state index in [1.54, 1.807) is 14.2 Å². The summed E-state index contributed by atoms with van der Waals surface area (Å²) in [5, 5.41) is 13.6. The predicted octanol–water partition coefficient (Wildman–Crippen LogP) is -2.14. The number of nitrogens with one attached hydrogen (secondary N) is 1. The van der Waals surface area contributed by atoms with Crippen molar-refractivity contribution in [2.45, 2.75) is 68.1 Å². The number of methoxy groups -OCH3 is 1. The van der Waals surface area contributed by atoms with Gasteiger partial charge in [-0.05, 0) is 26.3 Å². The van der Waals surface area contributed by atoms with Gasteiger partial charge in [0.2, 0.25) is 0 Å². The molecule has 1 saturated carbocycles. The first kappa shape index (κ1) is 18.0. The van der Waals surface area contributed by atoms with Gasteiger partial charge in [-0.2, -0.15) is 0 Å². The van der Waals surface area contributed by atoms with Gasteiger partial charge in [-0.3, -0.25) is 0 Å². The van der Waals surface area contributed by atoms with Crippen LogP contribution in [0.4, 0.5) is 0 Å². The zero-order valence-electron chi connectivity index (χ0n) is 13.4. The Kier molecular flexibility index (Phi) is 6.54. The summed E-state index contributed by atoms with van der Waals surface area (Å²) in [4.78, 5) is 0. The summed E-state index contributed by atoms with van der Waals surface area (Å²) in [5.41, 5.74) is 17.9. The Bertz CT molecular complexity index is 349. The molecule has 1 heterocycles. The molecule has 0 aromatic carbocycles. The number of nitrogens with two attached hydrogens (primary N) is 3. The largest absolute Gasteiger partial charge is 0.389 e. The molecule has 1 aliphatic carbocycles. The second-order valence-electron chi connectivity index (χ2n) is 6.18. The first-order valence-corrected chi connectivity index (χ1v) is 7.92. The van der Waals surface area contributed by atoms with E-state index < -0.39 is 18.5 Å². The molecular weight excluding hydrogens is 288 g/mol. The van der Waals surface area contributed by atoms with E-state index in [1.165, 1.54) is 0 Å². The maximum Gasteiger partial charge on any atom is 0.173 e. The van der Waals surface area contributed by atoms with Crippen LogP contribution in [0, 0.1) is 0 Å². The van der Waals surface area contributed by atoms with Crippen molar-refractivity contribution in [1.82, 2.24) is 5.32 Å². The molecule has 2 fully saturated rings. The number of aliphatic hydroxyl groups excluding tert-OH is 1. The van der Waals surface area contributed by atoms with E-state index in [1.807, 2.05) is 0 Å². The van der Waals surface area contributed by atoms with Gasteiger partial charge in [0, 0.05) is 19.7 Å². The van der Waals surface area contributed by atoms with Crippen molar-refractivity contribution >= 4 is 0 Å². The van der Waals surface area contributed by atoms with Crippen molar-refractivity contribution in [3.8, 4) is 0 Å². The number of aliphatic hydroxyl groups is 1. The Balaban J connectivity index is 2.03. The molecule has 1 aliphatic heterocycles. The lowest BCUT2D eigenvalue weighted by atomic mass is 9.84. The highest BCUT2D eigenvalue weighted by molar-refractivity contribution is 5.00. The normalized spacial score (nSPS) is 46.6. The van der Waals surface area contributed by atoms with Gasteiger partial charge in [0.15, 0.2) is 6.29 Å². The molecule has 0 unspecified atom stereocenters. The van der Waals surface area contributed by atoms with Crippen LogP contribution in [0.25, 0.3) is 0 Å². The summed E-state index contributed by atoms with van der Waals surface area (Å²) in [6.07, 6.45) is 0.0176. The molecule has 0 bridgehead atoms. The average Bonchev–Trinajstić information content (AvgIpc) is 2.52. The van der Waals surface area contributed by atoms with Crippen LogP contribution in [0.1, 0.15) is 19.3 Å². The number of likely N-dealkylation sites (N-methyl/N-ethyl adjacent to an activating group) is 1. The van der Waals surface area contributed by atoms with Crippen LogP contribution < -0.4 is 22.5 Å². The van der Waals surface area contributed by atoms with E-state index in [9.17, 15) is 5.11 Å². The van der Waals surface area contributed by atoms with E-state index >= 15 is 0 Å². The second kappa shape index (κ2) is 7.98. The van der Waals surface area contributed by atoms with Crippen molar-refractivity contribution in [3.63, 3.8) is 0 Å². The Hall–Kier alpha value is -0.320. The molecule has 130 valence electrons. The third-order valence-corrected chi connectivity index (χ3v) is 4.72. The van der Waals surface area contributed by atoms with Crippen LogP contribution in [0.3, 0.4) is 0 Å². The van der Waals surface area contributed by atoms with Crippen LogP contribution >= 0.6 is 0 Å². The summed E-state index contributed by atoms with van der Waals surface area (Å²) >= 11 is 0. The second-order valence-corrected chi connectivity index (χ2v) is 6.18. The fourth-order valence-electron chi connectivity index (χ4n) is 3.34. The Labute approximate surface area is 131 Å². The lowest BCUT2D eigenvalue weighted by Crippen LogP contribution is -2.65. The van der Waals surface area contributed by atoms with Gasteiger partial charge >= 0.3 is 0 Å². The average molecular weight is 318 g/mol. The van der Waals surface area contributed by atoms with Crippen molar-refractivity contribution in [3.05, 3.63) is 0 Å². The molecule has 8 N–H and O–H groups in total. The van der Waals surface area contributed by atoms with Crippen LogP contribution in [-0.2, 0) is 14.2 Å². The standard InChI is InChI=1S/C14H30N4O4/c1-18-11-10(20-2)5-9(17)13(12(11)19)22-14-8(16)4-3-7(6-15)21-14/h7-14,18-19H,3-6,15-17H2,1-2H3/t7-,8+,9-,10-,11+,12+,13+,14-/m1/s1. The molecule has 0 amide bonds. The Morgan fingerprint density at radius 1 is 1.27 bits per heavy atom. The smallest absolute Gasteiger partial charge is 0.173 e. The van der Waals surface area contributed by atoms with Gasteiger partial charge in [-0.15, -0.1) is 0 Å². The van der Waals surface area contributed by atoms with Crippen molar-refractivity contribution in [2.24, 2.45) is 17.2 Å². The zero-order chi connectivity index (χ0) is 16.3. The Morgan fingerprint density at radius 2 is 2.00 bits per heavy atom. The number of rotatable bonds is 5. The van der Waals surface area contributed by atoms with E-state index in [0.29, 0.717) is 13.0 Å². The topological polar surface area (TPSA) is 138 Å². The summed E-state index contributed by atoms with van der Waals surface area (Å²) in [6.45, 7) is 0.427. The van der Waals surface area contributed by atoms with Crippen LogP contribution in [0.5, 0.6) is 0 Å². The molecular formula is C14H30N4O4. The molecule has 0 spiro atoms. The van der Waals surface area contributed by atoms with Crippen molar-refractivity contribution in [2.75, 3.05) is 20.7 Å². The lowest BCUT2D eigenvalue weighted by molar-refractivity contribution is -0.249. The Morgan fingerprint density at radius 3 is 2.59 bits per heavy atom. The van der Waals surface area contributed by atoms with Crippen LogP contribution in [-0.4, -0.2) is 74.6 Å². The van der Waals surface area contributed by atoms with Gasteiger partial charge in [0.1, 0.15) is 6.10 Å². The minimum absolute atomic E-state index is 0.0615. The molecule has 2 rings (SSSR count). The van der Waals surface area contributed by atoms with Crippen molar-refractivity contribution < 1.29 is 19.3 Å². The molecule has 1 saturated heterocycles. The molecule has 0 aromatic heterocycles. The minimum Gasteiger partial charge on any atom is -0.389 e. The summed E-state index contributed by atoms with van der Waals surface area (Å²) in [5.74, 6) is 0.